The predicted octanol–water partition coefficient (Wildman–Crippen LogP) is 11.0. The van der Waals surface area contributed by atoms with Gasteiger partial charge in [-0.3, -0.25) is 28.5 Å². The second-order valence-corrected chi connectivity index (χ2v) is 35.7. The summed E-state index contributed by atoms with van der Waals surface area (Å²) >= 11 is 1.92. The van der Waals surface area contributed by atoms with Gasteiger partial charge in [-0.15, -0.1) is 0 Å². The molecule has 0 fully saturated rings. The number of rotatable bonds is 12. The molecule has 107 heavy (non-hydrogen) atoms. The number of benzene rings is 7. The summed E-state index contributed by atoms with van der Waals surface area (Å²) in [7, 11) is -4.60. The summed E-state index contributed by atoms with van der Waals surface area (Å²) in [6, 6.07) is 32.7. The van der Waals surface area contributed by atoms with Crippen molar-refractivity contribution >= 4 is 137 Å². The Bertz CT molecular complexity index is 4860. The van der Waals surface area contributed by atoms with Gasteiger partial charge in [0.05, 0.1) is 19.6 Å². The van der Waals surface area contributed by atoms with E-state index in [-0.39, 0.29) is 74.0 Å². The second-order valence-electron chi connectivity index (χ2n) is 23.9. The van der Waals surface area contributed by atoms with Crippen LogP contribution in [0.25, 0.3) is 0 Å². The van der Waals surface area contributed by atoms with Crippen LogP contribution in [0.5, 0.6) is 0 Å². The zero-order valence-corrected chi connectivity index (χ0v) is 66.3. The minimum Gasteiger partial charge on any atom is -0.352 e. The third-order valence-corrected chi connectivity index (χ3v) is 22.5. The first-order chi connectivity index (χ1) is 49.5. The molecule has 7 aromatic carbocycles. The first-order valence-electron chi connectivity index (χ1n) is 32.4. The van der Waals surface area contributed by atoms with Gasteiger partial charge in [-0.2, -0.15) is 8.42 Å². The van der Waals surface area contributed by atoms with E-state index in [0.717, 1.165) is 83.5 Å². The Hall–Kier alpha value is -7.20. The van der Waals surface area contributed by atoms with E-state index in [9.17, 15) is 75.2 Å². The molecule has 0 bridgehead atoms. The van der Waals surface area contributed by atoms with E-state index in [0.29, 0.717) is 84.6 Å². The molecule has 37 heteroatoms. The van der Waals surface area contributed by atoms with Crippen LogP contribution in [-0.4, -0.2) is 127 Å². The molecule has 5 aliphatic heterocycles. The van der Waals surface area contributed by atoms with Crippen LogP contribution < -0.4 is 41.3 Å². The van der Waals surface area contributed by atoms with Crippen LogP contribution in [0.15, 0.2) is 153 Å². The second kappa shape index (κ2) is 41.6. The zero-order valence-electron chi connectivity index (χ0n) is 57.8. The van der Waals surface area contributed by atoms with Crippen molar-refractivity contribution in [3.8, 4) is 0 Å². The summed E-state index contributed by atoms with van der Waals surface area (Å²) in [5.74, 6) is -4.71. The highest BCUT2D eigenvalue weighted by atomic mass is 127. The zero-order chi connectivity index (χ0) is 79.2. The van der Waals surface area contributed by atoms with Crippen LogP contribution in [0.2, 0.25) is 0 Å². The highest BCUT2D eigenvalue weighted by Crippen LogP contribution is 2.29. The standard InChI is InChI=1S/C19H20F2N2O3S.C13H18N2O3S.2C9H8ClNO3S.C9H9NO.C6H3F2I.C4H11N.CH4.ClHO3S/c1-3-12(2)22-27(25,26)15-6-4-13-8-9-23(19(24)16(13)11-15)14-5-7-17(20)18(21)10-14;1-3-9(2)15-19(17,18)11-5-4-10-6-7-14-13(16)12(10)8-11;2*10-15(13,14)7-2-1-6-3-4-11-9(12)8(6)5-7;11-9-8-4-2-1-3-7(8)5-6-10-9;7-5-2-1-4(9)3-6(5)8;1-3-4(2)5;;1-5(2,3)4/h4-7,10-12,22H,3,8-9H2,1-2H3;4-5,8-9,15H,3,6-7H2,1-2H3,(H,14,16);2*1-2,5H,3-4H2,(H,11,12);1-4H,5-6H2,(H,10,11);1-3H;4H,3,5H2,1-2H3;1H4;(H,2,3,4)/t12-;9-;;;;;4-;;/m11....1../s1. The average molecular weight is 1760 g/mol. The third kappa shape index (κ3) is 29.0. The Morgan fingerprint density at radius 2 is 0.785 bits per heavy atom. The number of carbonyl (C=O) groups is 5. The Morgan fingerprint density at radius 3 is 1.13 bits per heavy atom. The largest absolute Gasteiger partial charge is 0.353 e. The number of fused-ring (bicyclic) bond motifs is 5. The molecular formula is C70H82Cl3F4IN8O16S5. The monoisotopic (exact) mass is 1760 g/mol. The number of sulfonamides is 2. The minimum absolute atomic E-state index is 0. The van der Waals surface area contributed by atoms with Gasteiger partial charge in [0.15, 0.2) is 23.3 Å². The van der Waals surface area contributed by atoms with E-state index in [4.69, 9.17) is 40.1 Å². The fourth-order valence-electron chi connectivity index (χ4n) is 9.83. The fourth-order valence-corrected chi connectivity index (χ4v) is 14.5. The number of nitrogens with two attached hydrogens (primary N) is 1. The summed E-state index contributed by atoms with van der Waals surface area (Å²) in [6.07, 6.45) is 6.03. The first-order valence-corrected chi connectivity index (χ1v) is 43.4. The smallest absolute Gasteiger partial charge is 0.352 e. The van der Waals surface area contributed by atoms with Gasteiger partial charge in [0, 0.05) is 126 Å². The number of nitrogens with zero attached hydrogens (tertiary/aromatic N) is 1. The molecule has 9 N–H and O–H groups in total. The summed E-state index contributed by atoms with van der Waals surface area (Å²) in [5.41, 5.74) is 12.3. The minimum atomic E-state index is -4.19. The summed E-state index contributed by atoms with van der Waals surface area (Å²) in [4.78, 5) is 60.0. The number of hydrogen-bond acceptors (Lipinski definition) is 16. The van der Waals surface area contributed by atoms with Crippen LogP contribution in [-0.2, 0) is 79.6 Å². The SMILES string of the molecule is C.CC[C@@H](C)N.CC[C@@H](C)NS(=O)(=O)c1ccc2c(c1)C(=O)N(c1ccc(F)c(F)c1)CC2.CC[C@@H](C)NS(=O)(=O)c1ccc2c(c1)C(=O)NCC2.Fc1ccc(I)cc1F.O=C1NCCc2ccc(S(=O)(=O)Cl)cc21.O=C1NCCc2ccc(S(=O)(=O)Cl)cc21.O=C1NCCc2ccccc21.O=S(=O)(O)Cl. The normalized spacial score (nSPS) is 14.9. The topological polar surface area (TPSA) is 378 Å². The maximum Gasteiger partial charge on any atom is 0.353 e. The lowest BCUT2D eigenvalue weighted by Gasteiger charge is -2.29. The number of carbonyl (C=O) groups excluding carboxylic acids is 5. The Balaban J connectivity index is 0.000000271. The van der Waals surface area contributed by atoms with Gasteiger partial charge in [0.1, 0.15) is 0 Å². The van der Waals surface area contributed by atoms with Crippen molar-refractivity contribution in [1.29, 1.82) is 0 Å². The highest BCUT2D eigenvalue weighted by molar-refractivity contribution is 14.1. The van der Waals surface area contributed by atoms with Gasteiger partial charge >= 0.3 is 9.33 Å². The molecule has 3 atom stereocenters. The quantitative estimate of drug-likeness (QED) is 0.0185. The van der Waals surface area contributed by atoms with E-state index >= 15 is 0 Å². The van der Waals surface area contributed by atoms with Gasteiger partial charge < -0.3 is 31.9 Å². The lowest BCUT2D eigenvalue weighted by atomic mass is 9.98. The van der Waals surface area contributed by atoms with E-state index in [2.05, 4.69) is 48.3 Å². The Morgan fingerprint density at radius 1 is 0.458 bits per heavy atom. The van der Waals surface area contributed by atoms with Crippen molar-refractivity contribution < 1.29 is 88.2 Å². The molecule has 5 aliphatic rings. The van der Waals surface area contributed by atoms with E-state index in [1.54, 1.807) is 37.3 Å². The van der Waals surface area contributed by atoms with Gasteiger partial charge in [0.2, 0.25) is 20.0 Å². The Labute approximate surface area is 648 Å². The van der Waals surface area contributed by atoms with E-state index in [1.165, 1.54) is 59.5 Å². The lowest BCUT2D eigenvalue weighted by molar-refractivity contribution is 0.0937. The van der Waals surface area contributed by atoms with Crippen molar-refractivity contribution in [2.24, 2.45) is 5.73 Å². The predicted molar refractivity (Wildman–Crippen MR) is 411 cm³/mol. The molecule has 12 rings (SSSR count). The molecule has 0 unspecified atom stereocenters. The van der Waals surface area contributed by atoms with E-state index in [1.807, 2.05) is 74.6 Å². The van der Waals surface area contributed by atoms with E-state index < -0.39 is 76.7 Å². The van der Waals surface area contributed by atoms with Crippen LogP contribution in [0, 0.1) is 26.8 Å². The van der Waals surface area contributed by atoms with Crippen molar-refractivity contribution in [1.82, 2.24) is 30.7 Å². The number of anilines is 1. The molecule has 5 amide bonds. The lowest BCUT2D eigenvalue weighted by Crippen LogP contribution is -2.38. The van der Waals surface area contributed by atoms with Crippen molar-refractivity contribution in [3.05, 3.63) is 216 Å². The molecule has 0 aliphatic carbocycles. The van der Waals surface area contributed by atoms with Crippen LogP contribution >= 0.6 is 54.6 Å². The number of hydrogen-bond donors (Lipinski definition) is 8. The molecule has 0 saturated heterocycles. The molecule has 0 aromatic heterocycles. The molecular weight excluding hydrogens is 1680 g/mol. The van der Waals surface area contributed by atoms with Crippen molar-refractivity contribution in [2.45, 2.75) is 138 Å². The highest BCUT2D eigenvalue weighted by Gasteiger charge is 2.30. The van der Waals surface area contributed by atoms with Crippen LogP contribution in [0.4, 0.5) is 23.2 Å². The molecule has 0 spiro atoms. The first kappa shape index (κ1) is 92.2. The van der Waals surface area contributed by atoms with Crippen molar-refractivity contribution in [3.63, 3.8) is 0 Å². The molecule has 0 radical (unpaired) electrons. The number of amides is 5. The third-order valence-electron chi connectivity index (χ3n) is 16.0. The van der Waals surface area contributed by atoms with Crippen molar-refractivity contribution in [2.75, 3.05) is 37.6 Å². The molecule has 24 nitrogen and oxygen atoms in total. The Kier molecular flexibility index (Phi) is 35.8. The van der Waals surface area contributed by atoms with Crippen LogP contribution in [0.3, 0.4) is 0 Å². The molecule has 584 valence electrons. The average Bonchev–Trinajstić information content (AvgIpc) is 0.779. The van der Waals surface area contributed by atoms with Gasteiger partial charge in [-0.05, 0) is 207 Å². The fraction of sp³-hybridized carbons (Fsp3) is 0.329. The maximum atomic E-state index is 13.5. The van der Waals surface area contributed by atoms with Crippen LogP contribution in [0.1, 0.15) is 148 Å². The molecule has 0 saturated carbocycles. The van der Waals surface area contributed by atoms with Gasteiger partial charge in [0.25, 0.3) is 47.6 Å². The maximum absolute atomic E-state index is 13.5. The summed E-state index contributed by atoms with van der Waals surface area (Å²) in [6.45, 7) is 14.3. The number of nitrogens with one attached hydrogen (secondary N) is 6. The summed E-state index contributed by atoms with van der Waals surface area (Å²) < 4.78 is 176. The molecule has 7 aromatic rings. The number of halogens is 8. The van der Waals surface area contributed by atoms with Gasteiger partial charge in [-0.1, -0.05) is 70.7 Å². The summed E-state index contributed by atoms with van der Waals surface area (Å²) in [5, 5.41) is 10.8. The van der Waals surface area contributed by atoms with Gasteiger partial charge in [-0.25, -0.2) is 60.7 Å². The molecule has 5 heterocycles.